The lowest BCUT2D eigenvalue weighted by Gasteiger charge is -2.24. The van der Waals surface area contributed by atoms with Crippen molar-refractivity contribution in [3.8, 4) is 11.5 Å². The number of carbonyl (C=O) groups is 1. The Morgan fingerprint density at radius 2 is 1.80 bits per heavy atom. The summed E-state index contributed by atoms with van der Waals surface area (Å²) in [5.74, 6) is 0.223. The molecule has 1 unspecified atom stereocenters. The lowest BCUT2D eigenvalue weighted by Crippen LogP contribution is -2.43. The Kier molecular flexibility index (Phi) is 8.68. The Balaban J connectivity index is 2.40. The second-order valence-electron chi connectivity index (χ2n) is 7.03. The summed E-state index contributed by atoms with van der Waals surface area (Å²) in [6.07, 6.45) is 1.75. The van der Waals surface area contributed by atoms with Gasteiger partial charge in [-0.15, -0.1) is 0 Å². The molecule has 0 fully saturated rings. The van der Waals surface area contributed by atoms with Crippen molar-refractivity contribution >= 4 is 15.9 Å². The van der Waals surface area contributed by atoms with Crippen LogP contribution in [0.2, 0.25) is 0 Å². The van der Waals surface area contributed by atoms with Gasteiger partial charge in [0, 0.05) is 18.7 Å². The molecular weight excluding hydrogens is 404 g/mol. The highest BCUT2D eigenvalue weighted by molar-refractivity contribution is 7.89. The quantitative estimate of drug-likeness (QED) is 0.587. The minimum absolute atomic E-state index is 0.0323. The first-order valence-electron chi connectivity index (χ1n) is 9.87. The number of ether oxygens (including phenoxy) is 2. The minimum Gasteiger partial charge on any atom is -0.497 e. The highest BCUT2D eigenvalue weighted by Gasteiger charge is 2.30. The first-order chi connectivity index (χ1) is 14.3. The van der Waals surface area contributed by atoms with Crippen molar-refractivity contribution in [3.63, 3.8) is 0 Å². The van der Waals surface area contributed by atoms with Crippen LogP contribution in [0.1, 0.15) is 32.3 Å². The summed E-state index contributed by atoms with van der Waals surface area (Å²) in [6.45, 7) is 3.69. The average Bonchev–Trinajstić information content (AvgIpc) is 2.73. The van der Waals surface area contributed by atoms with Crippen LogP contribution in [0, 0.1) is 0 Å². The molecular formula is C22H30N2O5S. The minimum atomic E-state index is -4.05. The van der Waals surface area contributed by atoms with Crippen molar-refractivity contribution in [1.82, 2.24) is 9.62 Å². The zero-order valence-corrected chi connectivity index (χ0v) is 18.7. The zero-order valence-electron chi connectivity index (χ0n) is 17.9. The van der Waals surface area contributed by atoms with Gasteiger partial charge in [-0.1, -0.05) is 43.7 Å². The number of amides is 1. The molecule has 0 aromatic heterocycles. The van der Waals surface area contributed by atoms with Gasteiger partial charge in [-0.3, -0.25) is 4.79 Å². The smallest absolute Gasteiger partial charge is 0.247 e. The van der Waals surface area contributed by atoms with Crippen LogP contribution in [-0.2, 0) is 21.4 Å². The van der Waals surface area contributed by atoms with Crippen LogP contribution in [-0.4, -0.2) is 45.4 Å². The summed E-state index contributed by atoms with van der Waals surface area (Å²) in [5.41, 5.74) is 0.775. The number of nitrogens with one attached hydrogen (secondary N) is 1. The van der Waals surface area contributed by atoms with Crippen LogP contribution < -0.4 is 14.8 Å². The van der Waals surface area contributed by atoms with E-state index in [2.05, 4.69) is 5.32 Å². The van der Waals surface area contributed by atoms with Crippen molar-refractivity contribution in [2.75, 3.05) is 20.8 Å². The summed E-state index contributed by atoms with van der Waals surface area (Å²) >= 11 is 0. The molecule has 0 saturated carbocycles. The molecule has 0 aliphatic carbocycles. The third-order valence-corrected chi connectivity index (χ3v) is 6.45. The number of rotatable bonds is 11. The molecule has 0 bridgehead atoms. The topological polar surface area (TPSA) is 84.9 Å². The first kappa shape index (κ1) is 23.7. The van der Waals surface area contributed by atoms with Gasteiger partial charge in [0.1, 0.15) is 16.4 Å². The lowest BCUT2D eigenvalue weighted by atomic mass is 10.2. The van der Waals surface area contributed by atoms with Crippen molar-refractivity contribution in [1.29, 1.82) is 0 Å². The molecule has 2 aromatic carbocycles. The largest absolute Gasteiger partial charge is 0.497 e. The van der Waals surface area contributed by atoms with E-state index in [1.165, 1.54) is 26.4 Å². The van der Waals surface area contributed by atoms with Crippen LogP contribution in [0.5, 0.6) is 11.5 Å². The lowest BCUT2D eigenvalue weighted by molar-refractivity contribution is -0.122. The molecule has 2 rings (SSSR count). The van der Waals surface area contributed by atoms with E-state index in [4.69, 9.17) is 9.47 Å². The molecule has 30 heavy (non-hydrogen) atoms. The molecule has 2 aromatic rings. The Morgan fingerprint density at radius 1 is 1.10 bits per heavy atom. The fraction of sp³-hybridized carbons (Fsp3) is 0.409. The number of hydrogen-bond donors (Lipinski definition) is 1. The summed E-state index contributed by atoms with van der Waals surface area (Å²) in [4.78, 5) is 12.6. The van der Waals surface area contributed by atoms with Crippen molar-refractivity contribution in [3.05, 3.63) is 54.1 Å². The van der Waals surface area contributed by atoms with Crippen molar-refractivity contribution < 1.29 is 22.7 Å². The van der Waals surface area contributed by atoms with Gasteiger partial charge in [-0.2, -0.15) is 4.31 Å². The van der Waals surface area contributed by atoms with E-state index in [0.29, 0.717) is 5.75 Å². The number of methoxy groups -OCH3 is 2. The monoisotopic (exact) mass is 434 g/mol. The number of hydrogen-bond acceptors (Lipinski definition) is 5. The zero-order chi connectivity index (χ0) is 22.1. The van der Waals surface area contributed by atoms with Gasteiger partial charge in [-0.05, 0) is 31.0 Å². The number of nitrogens with zero attached hydrogens (tertiary/aromatic N) is 1. The molecule has 1 N–H and O–H groups in total. The Hall–Kier alpha value is -2.58. The SMILES string of the molecule is CCCC(C)NC(=O)CN(Cc1ccccc1)S(=O)(=O)c1cc(OC)ccc1OC. The van der Waals surface area contributed by atoms with Crippen molar-refractivity contribution in [2.24, 2.45) is 0 Å². The van der Waals surface area contributed by atoms with Crippen LogP contribution in [0.4, 0.5) is 0 Å². The third-order valence-electron chi connectivity index (χ3n) is 4.64. The fourth-order valence-corrected chi connectivity index (χ4v) is 4.68. The molecule has 0 aliphatic heterocycles. The van der Waals surface area contributed by atoms with Crippen molar-refractivity contribution in [2.45, 2.75) is 44.2 Å². The summed E-state index contributed by atoms with van der Waals surface area (Å²) in [6, 6.07) is 13.7. The van der Waals surface area contributed by atoms with Gasteiger partial charge in [-0.25, -0.2) is 8.42 Å². The van der Waals surface area contributed by atoms with E-state index in [0.717, 1.165) is 22.7 Å². The molecule has 164 valence electrons. The number of sulfonamides is 1. The predicted octanol–water partition coefficient (Wildman–Crippen LogP) is 3.20. The maximum atomic E-state index is 13.5. The maximum Gasteiger partial charge on any atom is 0.247 e. The molecule has 1 amide bonds. The van der Waals surface area contributed by atoms with Crippen LogP contribution in [0.15, 0.2) is 53.4 Å². The van der Waals surface area contributed by atoms with E-state index >= 15 is 0 Å². The molecule has 7 nitrogen and oxygen atoms in total. The molecule has 0 aliphatic rings. The highest BCUT2D eigenvalue weighted by Crippen LogP contribution is 2.31. The van der Waals surface area contributed by atoms with Crippen LogP contribution >= 0.6 is 0 Å². The molecule has 0 spiro atoms. The molecule has 0 heterocycles. The normalized spacial score (nSPS) is 12.4. The maximum absolute atomic E-state index is 13.5. The molecule has 1 atom stereocenters. The molecule has 8 heteroatoms. The third kappa shape index (κ3) is 6.21. The molecule has 0 radical (unpaired) electrons. The van der Waals surface area contributed by atoms with Gasteiger partial charge in [0.25, 0.3) is 0 Å². The summed E-state index contributed by atoms with van der Waals surface area (Å²) in [5, 5.41) is 2.87. The second-order valence-corrected chi connectivity index (χ2v) is 8.94. The van der Waals surface area contributed by atoms with Gasteiger partial charge in [0.15, 0.2) is 0 Å². The Bertz CT molecular complexity index is 932. The standard InChI is InChI=1S/C22H30N2O5S/c1-5-9-17(2)23-22(25)16-24(15-18-10-7-6-8-11-18)30(26,27)21-14-19(28-3)12-13-20(21)29-4/h6-8,10-14,17H,5,9,15-16H2,1-4H3,(H,23,25). The van der Waals surface area contributed by atoms with E-state index in [1.807, 2.05) is 44.2 Å². The van der Waals surface area contributed by atoms with E-state index < -0.39 is 10.0 Å². The summed E-state index contributed by atoms with van der Waals surface area (Å²) < 4.78 is 38.7. The first-order valence-corrected chi connectivity index (χ1v) is 11.3. The van der Waals surface area contributed by atoms with Gasteiger partial charge in [0.05, 0.1) is 20.8 Å². The Morgan fingerprint density at radius 3 is 2.40 bits per heavy atom. The van der Waals surface area contributed by atoms with E-state index in [1.54, 1.807) is 6.07 Å². The van der Waals surface area contributed by atoms with Crippen LogP contribution in [0.25, 0.3) is 0 Å². The highest BCUT2D eigenvalue weighted by atomic mass is 32.2. The average molecular weight is 435 g/mol. The van der Waals surface area contributed by atoms with E-state index in [-0.39, 0.29) is 35.7 Å². The van der Waals surface area contributed by atoms with Gasteiger partial charge >= 0.3 is 0 Å². The van der Waals surface area contributed by atoms with Gasteiger partial charge < -0.3 is 14.8 Å². The molecule has 0 saturated heterocycles. The fourth-order valence-electron chi connectivity index (χ4n) is 3.12. The second kappa shape index (κ2) is 11.0. The van der Waals surface area contributed by atoms with Gasteiger partial charge in [0.2, 0.25) is 15.9 Å². The Labute approximate surface area is 179 Å². The number of carbonyl (C=O) groups excluding carboxylic acids is 1. The van der Waals surface area contributed by atoms with Crippen LogP contribution in [0.3, 0.4) is 0 Å². The summed E-state index contributed by atoms with van der Waals surface area (Å²) in [7, 11) is -1.19. The van der Waals surface area contributed by atoms with E-state index in [9.17, 15) is 13.2 Å². The number of benzene rings is 2. The predicted molar refractivity (Wildman–Crippen MR) is 116 cm³/mol.